The molecule has 2 aromatic carbocycles. The van der Waals surface area contributed by atoms with E-state index in [-0.39, 0.29) is 5.12 Å². The van der Waals surface area contributed by atoms with E-state index in [4.69, 9.17) is 5.73 Å². The molecule has 1 atom stereocenters. The van der Waals surface area contributed by atoms with E-state index in [1.165, 1.54) is 5.56 Å². The number of thioether (sulfide) groups is 1. The third-order valence-electron chi connectivity index (χ3n) is 3.88. The highest BCUT2D eigenvalue weighted by Gasteiger charge is 2.20. The number of rotatable bonds is 7. The summed E-state index contributed by atoms with van der Waals surface area (Å²) in [6.07, 6.45) is 0.474. The molecule has 4 nitrogen and oxygen atoms in total. The number of thiophene rings is 1. The maximum atomic E-state index is 11.9. The second-order valence-corrected chi connectivity index (χ2v) is 8.00. The van der Waals surface area contributed by atoms with E-state index >= 15 is 0 Å². The number of carbonyl (C=O) groups is 2. The number of benzene rings is 2. The van der Waals surface area contributed by atoms with Crippen molar-refractivity contribution in [1.29, 1.82) is 0 Å². The lowest BCUT2D eigenvalue weighted by Crippen LogP contribution is -2.19. The molecule has 0 bridgehead atoms. The number of aliphatic carboxylic acids is 1. The van der Waals surface area contributed by atoms with E-state index in [1.807, 2.05) is 53.9 Å². The molecule has 146 valence electrons. The summed E-state index contributed by atoms with van der Waals surface area (Å²) in [4.78, 5) is 24.2. The van der Waals surface area contributed by atoms with Crippen molar-refractivity contribution >= 4 is 34.2 Å². The summed E-state index contributed by atoms with van der Waals surface area (Å²) >= 11 is 2.61. The molecule has 0 aliphatic carbocycles. The van der Waals surface area contributed by atoms with Gasteiger partial charge in [0.1, 0.15) is 0 Å². The van der Waals surface area contributed by atoms with Crippen LogP contribution in [0, 0.1) is 5.92 Å². The average molecular weight is 414 g/mol. The molecule has 28 heavy (non-hydrogen) atoms. The third kappa shape index (κ3) is 7.68. The van der Waals surface area contributed by atoms with Crippen LogP contribution in [0.15, 0.2) is 78.2 Å². The quantitative estimate of drug-likeness (QED) is 0.586. The first kappa shape index (κ1) is 21.9. The fourth-order valence-electron chi connectivity index (χ4n) is 2.34. The van der Waals surface area contributed by atoms with Gasteiger partial charge in [-0.25, -0.2) is 0 Å². The van der Waals surface area contributed by atoms with Crippen LogP contribution in [0.5, 0.6) is 0 Å². The minimum absolute atomic E-state index is 0.0805. The van der Waals surface area contributed by atoms with Gasteiger partial charge < -0.3 is 10.8 Å². The van der Waals surface area contributed by atoms with Crippen LogP contribution in [0.1, 0.15) is 20.8 Å². The van der Waals surface area contributed by atoms with Crippen LogP contribution in [0.25, 0.3) is 0 Å². The molecule has 0 fully saturated rings. The molecule has 1 unspecified atom stereocenters. The number of hydrogen-bond donors (Lipinski definition) is 2. The third-order valence-corrected chi connectivity index (χ3v) is 5.85. The fourth-order valence-corrected chi connectivity index (χ4v) is 4.04. The van der Waals surface area contributed by atoms with Gasteiger partial charge in [-0.1, -0.05) is 78.5 Å². The molecule has 0 amide bonds. The smallest absolute Gasteiger partial charge is 0.307 e. The van der Waals surface area contributed by atoms with Gasteiger partial charge in [0.2, 0.25) is 5.12 Å². The highest BCUT2D eigenvalue weighted by atomic mass is 32.2. The summed E-state index contributed by atoms with van der Waals surface area (Å²) in [5.41, 5.74) is 7.15. The molecule has 3 rings (SSSR count). The zero-order valence-electron chi connectivity index (χ0n) is 15.4. The van der Waals surface area contributed by atoms with Crippen molar-refractivity contribution < 1.29 is 14.7 Å². The molecule has 6 heteroatoms. The molecule has 0 aliphatic heterocycles. The number of nitrogens with two attached hydrogens (primary N) is 1. The van der Waals surface area contributed by atoms with E-state index in [0.29, 0.717) is 24.3 Å². The maximum Gasteiger partial charge on any atom is 0.307 e. The Morgan fingerprint density at radius 3 is 2.11 bits per heavy atom. The monoisotopic (exact) mass is 413 g/mol. The summed E-state index contributed by atoms with van der Waals surface area (Å²) in [5.74, 6) is -1.10. The van der Waals surface area contributed by atoms with Gasteiger partial charge in [0, 0.05) is 22.7 Å². The Morgan fingerprint density at radius 1 is 0.964 bits per heavy atom. The van der Waals surface area contributed by atoms with Gasteiger partial charge >= 0.3 is 5.97 Å². The van der Waals surface area contributed by atoms with Crippen molar-refractivity contribution in [3.8, 4) is 0 Å². The second-order valence-electron chi connectivity index (χ2n) is 5.97. The van der Waals surface area contributed by atoms with Crippen molar-refractivity contribution in [1.82, 2.24) is 0 Å². The molecule has 0 radical (unpaired) electrons. The van der Waals surface area contributed by atoms with Crippen LogP contribution < -0.4 is 5.73 Å². The summed E-state index contributed by atoms with van der Waals surface area (Å²) in [7, 11) is 0. The van der Waals surface area contributed by atoms with Crippen molar-refractivity contribution in [3.63, 3.8) is 0 Å². The van der Waals surface area contributed by atoms with Crippen LogP contribution in [-0.4, -0.2) is 21.9 Å². The van der Waals surface area contributed by atoms with Crippen LogP contribution >= 0.6 is 23.1 Å². The topological polar surface area (TPSA) is 80.4 Å². The molecule has 1 heterocycles. The molecule has 0 aliphatic rings. The summed E-state index contributed by atoms with van der Waals surface area (Å²) in [5, 5.41) is 11.1. The number of carboxylic acid groups (broad SMARTS) is 1. The lowest BCUT2D eigenvalue weighted by atomic mass is 10.1. The minimum atomic E-state index is -0.855. The van der Waals surface area contributed by atoms with Crippen molar-refractivity contribution in [3.05, 3.63) is 94.2 Å². The Morgan fingerprint density at radius 2 is 1.61 bits per heavy atom. The fraction of sp³-hybridized carbons (Fsp3) is 0.182. The molecular weight excluding hydrogens is 390 g/mol. The SMILES string of the molecule is NCc1ccccc1.O=C(SCC(Cc1cccs1)C(=O)O)c1ccccc1. The van der Waals surface area contributed by atoms with Gasteiger partial charge in [0.05, 0.1) is 5.92 Å². The average Bonchev–Trinajstić information content (AvgIpc) is 3.25. The predicted molar refractivity (Wildman–Crippen MR) is 117 cm³/mol. The van der Waals surface area contributed by atoms with E-state index in [2.05, 4.69) is 0 Å². The van der Waals surface area contributed by atoms with Gasteiger partial charge in [0.25, 0.3) is 0 Å². The molecule has 0 saturated heterocycles. The van der Waals surface area contributed by atoms with E-state index in [0.717, 1.165) is 16.6 Å². The van der Waals surface area contributed by atoms with Gasteiger partial charge in [0.15, 0.2) is 0 Å². The Balaban J connectivity index is 0.000000292. The molecule has 3 N–H and O–H groups in total. The number of carbonyl (C=O) groups excluding carboxylic acids is 1. The lowest BCUT2D eigenvalue weighted by Gasteiger charge is -2.10. The molecular formula is C22H23NO3S2. The maximum absolute atomic E-state index is 11.9. The van der Waals surface area contributed by atoms with E-state index < -0.39 is 11.9 Å². The first-order chi connectivity index (χ1) is 13.6. The molecule has 1 aromatic heterocycles. The first-order valence-electron chi connectivity index (χ1n) is 8.81. The lowest BCUT2D eigenvalue weighted by molar-refractivity contribution is -0.140. The highest BCUT2D eigenvalue weighted by molar-refractivity contribution is 8.14. The first-order valence-corrected chi connectivity index (χ1v) is 10.7. The summed E-state index contributed by atoms with van der Waals surface area (Å²) in [6, 6.07) is 22.7. The zero-order valence-corrected chi connectivity index (χ0v) is 17.0. The summed E-state index contributed by atoms with van der Waals surface area (Å²) < 4.78 is 0. The zero-order chi connectivity index (χ0) is 20.2. The second kappa shape index (κ2) is 12.1. The predicted octanol–water partition coefficient (Wildman–Crippen LogP) is 4.71. The summed E-state index contributed by atoms with van der Waals surface area (Å²) in [6.45, 7) is 0.640. The van der Waals surface area contributed by atoms with E-state index in [9.17, 15) is 14.7 Å². The Bertz CT molecular complexity index is 837. The van der Waals surface area contributed by atoms with Crippen LogP contribution in [0.4, 0.5) is 0 Å². The highest BCUT2D eigenvalue weighted by Crippen LogP contribution is 2.21. The normalized spacial score (nSPS) is 11.2. The molecule has 3 aromatic rings. The van der Waals surface area contributed by atoms with Crippen molar-refractivity contribution in [2.75, 3.05) is 5.75 Å². The van der Waals surface area contributed by atoms with Gasteiger partial charge in [-0.2, -0.15) is 0 Å². The number of hydrogen-bond acceptors (Lipinski definition) is 5. The number of carboxylic acids is 1. The van der Waals surface area contributed by atoms with Crippen LogP contribution in [-0.2, 0) is 17.8 Å². The van der Waals surface area contributed by atoms with Gasteiger partial charge in [-0.3, -0.25) is 9.59 Å². The molecule has 0 saturated carbocycles. The van der Waals surface area contributed by atoms with Crippen molar-refractivity contribution in [2.45, 2.75) is 13.0 Å². The van der Waals surface area contributed by atoms with Gasteiger partial charge in [-0.15, -0.1) is 11.3 Å². The minimum Gasteiger partial charge on any atom is -0.481 e. The van der Waals surface area contributed by atoms with E-state index in [1.54, 1.807) is 35.6 Å². The Labute approximate surface area is 173 Å². The van der Waals surface area contributed by atoms with Crippen LogP contribution in [0.3, 0.4) is 0 Å². The van der Waals surface area contributed by atoms with Crippen LogP contribution in [0.2, 0.25) is 0 Å². The van der Waals surface area contributed by atoms with Crippen molar-refractivity contribution in [2.24, 2.45) is 11.7 Å². The molecule has 0 spiro atoms. The Hall–Kier alpha value is -2.41. The Kier molecular flexibility index (Phi) is 9.48. The van der Waals surface area contributed by atoms with Gasteiger partial charge in [-0.05, 0) is 23.4 Å². The largest absolute Gasteiger partial charge is 0.481 e. The standard InChI is InChI=1S/C15H14O3S2.C7H9N/c16-14(17)12(9-13-7-4-8-19-13)10-20-15(18)11-5-2-1-3-6-11;8-6-7-4-2-1-3-5-7/h1-8,12H,9-10H2,(H,16,17);1-5H,6,8H2.